The predicted molar refractivity (Wildman–Crippen MR) is 150 cm³/mol. The summed E-state index contributed by atoms with van der Waals surface area (Å²) in [4.78, 5) is 25.5. The van der Waals surface area contributed by atoms with Gasteiger partial charge in [0, 0.05) is 29.5 Å². The molecule has 0 unspecified atom stereocenters. The second-order valence-corrected chi connectivity index (χ2v) is 12.8. The van der Waals surface area contributed by atoms with Crippen LogP contribution in [-0.2, 0) is 38.2 Å². The highest BCUT2D eigenvalue weighted by Gasteiger charge is 2.39. The number of aliphatic hydroxyl groups is 1. The molecule has 3 aromatic carbocycles. The molecular formula is C30H35N3O6S. The third-order valence-electron chi connectivity index (χ3n) is 6.84. The maximum Gasteiger partial charge on any atom is 0.244 e. The van der Waals surface area contributed by atoms with Crippen LogP contribution in [0.1, 0.15) is 50.3 Å². The third kappa shape index (κ3) is 6.76. The van der Waals surface area contributed by atoms with Gasteiger partial charge in [0.05, 0.1) is 10.8 Å². The number of carbonyl (C=O) groups is 2. The summed E-state index contributed by atoms with van der Waals surface area (Å²) in [7, 11) is -3.79. The van der Waals surface area contributed by atoms with Gasteiger partial charge in [-0.15, -0.1) is 0 Å². The molecule has 5 N–H and O–H groups in total. The van der Waals surface area contributed by atoms with Crippen LogP contribution in [0.2, 0.25) is 0 Å². The summed E-state index contributed by atoms with van der Waals surface area (Å²) >= 11 is 0. The molecule has 2 atom stereocenters. The fourth-order valence-electron chi connectivity index (χ4n) is 5.06. The fourth-order valence-corrected chi connectivity index (χ4v) is 6.71. The number of nitrogens with one attached hydrogen (secondary N) is 3. The van der Waals surface area contributed by atoms with Gasteiger partial charge in [-0.3, -0.25) is 14.8 Å². The normalized spacial score (nSPS) is 17.6. The Labute approximate surface area is 234 Å². The monoisotopic (exact) mass is 565 g/mol. The third-order valence-corrected chi connectivity index (χ3v) is 8.66. The van der Waals surface area contributed by atoms with Gasteiger partial charge in [0.15, 0.2) is 5.72 Å². The van der Waals surface area contributed by atoms with Gasteiger partial charge in [0.1, 0.15) is 0 Å². The second-order valence-electron chi connectivity index (χ2n) is 11.2. The van der Waals surface area contributed by atoms with E-state index in [1.54, 1.807) is 86.9 Å². The highest BCUT2D eigenvalue weighted by molar-refractivity contribution is 7.89. The molecule has 212 valence electrons. The summed E-state index contributed by atoms with van der Waals surface area (Å²) in [5, 5.41) is 23.0. The minimum atomic E-state index is -3.79. The number of hydrogen-bond acceptors (Lipinski definition) is 6. The van der Waals surface area contributed by atoms with Crippen LogP contribution in [0, 0.1) is 5.92 Å². The predicted octanol–water partition coefficient (Wildman–Crippen LogP) is 3.39. The molecule has 0 radical (unpaired) electrons. The number of carbonyl (C=O) groups excluding carboxylic acids is 2. The smallest absolute Gasteiger partial charge is 0.244 e. The average molecular weight is 566 g/mol. The Kier molecular flexibility index (Phi) is 8.46. The topological polar surface area (TPSA) is 145 Å². The zero-order chi connectivity index (χ0) is 29.1. The van der Waals surface area contributed by atoms with Crippen molar-refractivity contribution < 1.29 is 28.3 Å². The van der Waals surface area contributed by atoms with Gasteiger partial charge >= 0.3 is 0 Å². The number of hydrogen-bond donors (Lipinski definition) is 5. The van der Waals surface area contributed by atoms with Gasteiger partial charge < -0.3 is 10.4 Å². The van der Waals surface area contributed by atoms with E-state index in [1.807, 2.05) is 12.1 Å². The minimum Gasteiger partial charge on any atom is -0.367 e. The number of hydroxylamine groups is 1. The second kappa shape index (κ2) is 11.5. The molecule has 40 heavy (non-hydrogen) atoms. The molecule has 1 aliphatic carbocycles. The van der Waals surface area contributed by atoms with Crippen LogP contribution < -0.4 is 15.5 Å². The molecule has 0 fully saturated rings. The van der Waals surface area contributed by atoms with Crippen LogP contribution >= 0.6 is 0 Å². The maximum absolute atomic E-state index is 13.3. The molecule has 2 amide bonds. The first-order valence-corrected chi connectivity index (χ1v) is 14.6. The number of fused-ring (bicyclic) bond motifs is 1. The van der Waals surface area contributed by atoms with Crippen molar-refractivity contribution in [2.24, 2.45) is 5.92 Å². The van der Waals surface area contributed by atoms with Crippen molar-refractivity contribution in [3.05, 3.63) is 89.5 Å². The molecule has 9 nitrogen and oxygen atoms in total. The highest BCUT2D eigenvalue weighted by Crippen LogP contribution is 2.35. The van der Waals surface area contributed by atoms with Crippen molar-refractivity contribution in [1.29, 1.82) is 0 Å². The van der Waals surface area contributed by atoms with Gasteiger partial charge in [-0.1, -0.05) is 66.7 Å². The quantitative estimate of drug-likeness (QED) is 0.153. The van der Waals surface area contributed by atoms with Gasteiger partial charge in [-0.25, -0.2) is 18.6 Å². The SMILES string of the molecule is CC(C)(C)NS(=O)(=O)c1ccccc1-c1ccc(C[C@H](CC(=O)NO)C(=O)N[C@]2(O)CCc3ccccc32)cc1. The van der Waals surface area contributed by atoms with Crippen LogP contribution in [0.15, 0.2) is 77.7 Å². The Morgan fingerprint density at radius 1 is 0.975 bits per heavy atom. The number of benzene rings is 3. The zero-order valence-corrected chi connectivity index (χ0v) is 23.6. The van der Waals surface area contributed by atoms with Gasteiger partial charge in [-0.05, 0) is 56.4 Å². The Morgan fingerprint density at radius 2 is 1.62 bits per heavy atom. The fraction of sp³-hybridized carbons (Fsp3) is 0.333. The molecule has 4 rings (SSSR count). The van der Waals surface area contributed by atoms with E-state index < -0.39 is 39.0 Å². The van der Waals surface area contributed by atoms with Crippen molar-refractivity contribution in [2.45, 2.75) is 62.6 Å². The summed E-state index contributed by atoms with van der Waals surface area (Å²) in [5.41, 5.74) is 2.89. The van der Waals surface area contributed by atoms with Crippen LogP contribution in [0.4, 0.5) is 0 Å². The minimum absolute atomic E-state index is 0.152. The molecular weight excluding hydrogens is 530 g/mol. The first kappa shape index (κ1) is 29.4. The van der Waals surface area contributed by atoms with E-state index in [0.717, 1.165) is 11.1 Å². The van der Waals surface area contributed by atoms with Crippen molar-refractivity contribution >= 4 is 21.8 Å². The molecule has 0 aromatic heterocycles. The van der Waals surface area contributed by atoms with Gasteiger partial charge in [0.2, 0.25) is 21.8 Å². The number of sulfonamides is 1. The molecule has 0 bridgehead atoms. The van der Waals surface area contributed by atoms with Crippen LogP contribution in [-0.4, -0.2) is 36.1 Å². The first-order valence-electron chi connectivity index (χ1n) is 13.1. The Morgan fingerprint density at radius 3 is 2.30 bits per heavy atom. The lowest BCUT2D eigenvalue weighted by molar-refractivity contribution is -0.139. The molecule has 0 saturated heterocycles. The Balaban J connectivity index is 1.56. The highest BCUT2D eigenvalue weighted by atomic mass is 32.2. The van der Waals surface area contributed by atoms with Crippen molar-refractivity contribution in [2.75, 3.05) is 0 Å². The summed E-state index contributed by atoms with van der Waals surface area (Å²) in [6, 6.07) is 21.1. The Bertz CT molecular complexity index is 1500. The molecule has 0 saturated carbocycles. The summed E-state index contributed by atoms with van der Waals surface area (Å²) < 4.78 is 28.8. The first-order chi connectivity index (χ1) is 18.8. The van der Waals surface area contributed by atoms with Gasteiger partial charge in [0.25, 0.3) is 0 Å². The zero-order valence-electron chi connectivity index (χ0n) is 22.8. The molecule has 0 heterocycles. The largest absolute Gasteiger partial charge is 0.367 e. The van der Waals surface area contributed by atoms with Crippen LogP contribution in [0.25, 0.3) is 11.1 Å². The molecule has 0 spiro atoms. The van der Waals surface area contributed by atoms with Gasteiger partial charge in [-0.2, -0.15) is 0 Å². The van der Waals surface area contributed by atoms with E-state index in [0.29, 0.717) is 29.5 Å². The van der Waals surface area contributed by atoms with E-state index in [9.17, 15) is 23.1 Å². The van der Waals surface area contributed by atoms with E-state index >= 15 is 0 Å². The lowest BCUT2D eigenvalue weighted by Gasteiger charge is -2.28. The lowest BCUT2D eigenvalue weighted by atomic mass is 9.92. The number of rotatable bonds is 9. The maximum atomic E-state index is 13.3. The van der Waals surface area contributed by atoms with E-state index in [2.05, 4.69) is 10.0 Å². The van der Waals surface area contributed by atoms with Crippen molar-refractivity contribution in [1.82, 2.24) is 15.5 Å². The van der Waals surface area contributed by atoms with Crippen LogP contribution in [0.3, 0.4) is 0 Å². The summed E-state index contributed by atoms with van der Waals surface area (Å²) in [6.45, 7) is 5.32. The van der Waals surface area contributed by atoms with E-state index in [4.69, 9.17) is 5.21 Å². The molecule has 0 aliphatic heterocycles. The van der Waals surface area contributed by atoms with Crippen LogP contribution in [0.5, 0.6) is 0 Å². The van der Waals surface area contributed by atoms with E-state index in [-0.39, 0.29) is 17.7 Å². The summed E-state index contributed by atoms with van der Waals surface area (Å²) in [6.07, 6.45) is 0.793. The lowest BCUT2D eigenvalue weighted by Crippen LogP contribution is -2.47. The van der Waals surface area contributed by atoms with Crippen molar-refractivity contribution in [3.63, 3.8) is 0 Å². The molecule has 3 aromatic rings. The average Bonchev–Trinajstić information content (AvgIpc) is 3.23. The molecule has 1 aliphatic rings. The van der Waals surface area contributed by atoms with Crippen molar-refractivity contribution in [3.8, 4) is 11.1 Å². The summed E-state index contributed by atoms with van der Waals surface area (Å²) in [5.74, 6) is -2.11. The molecule has 10 heteroatoms. The number of aryl methyl sites for hydroxylation is 1. The van der Waals surface area contributed by atoms with E-state index in [1.165, 1.54) is 0 Å². The standard InChI is InChI=1S/C30H35N3O6S/c1-29(2,3)33-40(38,39)26-11-7-5-9-24(26)21-14-12-20(13-15-21)18-23(19-27(34)32-37)28(35)31-30(36)17-16-22-8-4-6-10-25(22)30/h4-15,23,33,36-37H,16-19H2,1-3H3,(H,31,35)(H,32,34)/t23-,30+/m1/s1. The Hall–Kier alpha value is -3.57. The number of amides is 2.